The fourth-order valence-electron chi connectivity index (χ4n) is 1.97. The van der Waals surface area contributed by atoms with Gasteiger partial charge in [0.05, 0.1) is 18.1 Å². The molecule has 2 aromatic carbocycles. The first-order chi connectivity index (χ1) is 10.9. The van der Waals surface area contributed by atoms with Gasteiger partial charge < -0.3 is 9.84 Å². The maximum atomic E-state index is 13.7. The number of benzene rings is 2. The van der Waals surface area contributed by atoms with Gasteiger partial charge in [0.2, 0.25) is 0 Å². The zero-order valence-electron chi connectivity index (χ0n) is 12.5. The Balaban J connectivity index is 2.24. The lowest BCUT2D eigenvalue weighted by Gasteiger charge is -2.11. The van der Waals surface area contributed by atoms with E-state index in [1.807, 2.05) is 0 Å². The molecule has 0 aromatic heterocycles. The fourth-order valence-corrected chi connectivity index (χ4v) is 1.97. The van der Waals surface area contributed by atoms with Crippen LogP contribution in [0.25, 0.3) is 0 Å². The number of ether oxygens (including phenoxy) is 1. The van der Waals surface area contributed by atoms with Crippen LogP contribution in [0.2, 0.25) is 0 Å². The van der Waals surface area contributed by atoms with Crippen LogP contribution in [0.4, 0.5) is 10.1 Å². The second-order valence-corrected chi connectivity index (χ2v) is 4.83. The van der Waals surface area contributed by atoms with Crippen molar-refractivity contribution >= 4 is 11.9 Å². The van der Waals surface area contributed by atoms with Gasteiger partial charge in [0, 0.05) is 18.3 Å². The number of nitro groups is 1. The van der Waals surface area contributed by atoms with Crippen molar-refractivity contribution in [1.82, 2.24) is 0 Å². The van der Waals surface area contributed by atoms with Crippen LogP contribution in [0.1, 0.15) is 24.1 Å². The van der Waals surface area contributed by atoms with Gasteiger partial charge in [0.15, 0.2) is 11.6 Å². The Morgan fingerprint density at radius 3 is 2.65 bits per heavy atom. The number of hydrogen-bond acceptors (Lipinski definition) is 5. The molecule has 0 aliphatic rings. The molecule has 0 spiro atoms. The molecule has 0 radical (unpaired) electrons. The summed E-state index contributed by atoms with van der Waals surface area (Å²) in [5.74, 6) is -0.746. The highest BCUT2D eigenvalue weighted by molar-refractivity contribution is 5.84. The highest BCUT2D eigenvalue weighted by Gasteiger charge is 2.09. The molecule has 2 aromatic rings. The van der Waals surface area contributed by atoms with E-state index in [1.54, 1.807) is 13.0 Å². The zero-order chi connectivity index (χ0) is 17.0. The third kappa shape index (κ3) is 3.82. The Morgan fingerprint density at radius 1 is 1.30 bits per heavy atom. The van der Waals surface area contributed by atoms with Crippen LogP contribution in [0.5, 0.6) is 11.5 Å². The van der Waals surface area contributed by atoms with E-state index in [0.29, 0.717) is 5.56 Å². The van der Waals surface area contributed by atoms with Gasteiger partial charge in [0.25, 0.3) is 5.69 Å². The Labute approximate surface area is 132 Å². The van der Waals surface area contributed by atoms with Gasteiger partial charge in [-0.2, -0.15) is 0 Å². The third-order valence-electron chi connectivity index (χ3n) is 3.30. The van der Waals surface area contributed by atoms with Gasteiger partial charge in [-0.15, -0.1) is 0 Å². The van der Waals surface area contributed by atoms with Crippen LogP contribution >= 0.6 is 0 Å². The largest absolute Gasteiger partial charge is 0.872 e. The quantitative estimate of drug-likeness (QED) is 0.482. The summed E-state index contributed by atoms with van der Waals surface area (Å²) in [6.07, 6.45) is 1.27. The van der Waals surface area contributed by atoms with E-state index in [-0.39, 0.29) is 22.7 Å². The molecule has 0 saturated heterocycles. The maximum Gasteiger partial charge on any atom is 0.270 e. The molecule has 0 heterocycles. The van der Waals surface area contributed by atoms with E-state index in [0.717, 1.165) is 18.2 Å². The fraction of sp³-hybridized carbons (Fsp3) is 0.188. The molecule has 7 heteroatoms. The van der Waals surface area contributed by atoms with E-state index in [4.69, 9.17) is 4.74 Å². The second kappa shape index (κ2) is 6.87. The minimum atomic E-state index is -0.584. The first kappa shape index (κ1) is 16.4. The molecule has 0 bridgehead atoms. The molecule has 2 rings (SSSR count). The summed E-state index contributed by atoms with van der Waals surface area (Å²) >= 11 is 0. The normalized spacial score (nSPS) is 12.3. The van der Waals surface area contributed by atoms with Crippen LogP contribution in [0.3, 0.4) is 0 Å². The number of aliphatic imine (C=N–C) groups is 1. The summed E-state index contributed by atoms with van der Waals surface area (Å²) < 4.78 is 18.5. The molecular weight excluding hydrogens is 303 g/mol. The number of non-ortho nitro benzene ring substituents is 1. The SMILES string of the molecule is COc1ccc([C@H](C)N=Cc2cc([N+](=O)[O-])ccc2[O-])cc1F. The van der Waals surface area contributed by atoms with Gasteiger partial charge in [-0.25, -0.2) is 4.39 Å². The minimum absolute atomic E-state index is 0.111. The summed E-state index contributed by atoms with van der Waals surface area (Å²) in [6, 6.07) is 7.45. The maximum absolute atomic E-state index is 13.7. The molecule has 6 nitrogen and oxygen atoms in total. The topological polar surface area (TPSA) is 87.8 Å². The summed E-state index contributed by atoms with van der Waals surface area (Å²) in [5.41, 5.74) is 0.520. The van der Waals surface area contributed by atoms with Gasteiger partial charge >= 0.3 is 0 Å². The van der Waals surface area contributed by atoms with E-state index < -0.39 is 16.8 Å². The summed E-state index contributed by atoms with van der Waals surface area (Å²) in [6.45, 7) is 1.72. The molecule has 0 aliphatic carbocycles. The predicted molar refractivity (Wildman–Crippen MR) is 81.5 cm³/mol. The predicted octanol–water partition coefficient (Wildman–Crippen LogP) is 3.00. The Kier molecular flexibility index (Phi) is 4.90. The average Bonchev–Trinajstić information content (AvgIpc) is 2.53. The second-order valence-electron chi connectivity index (χ2n) is 4.83. The van der Waals surface area contributed by atoms with Crippen LogP contribution in [0.15, 0.2) is 41.4 Å². The number of nitro benzene ring substituents is 1. The average molecular weight is 317 g/mol. The smallest absolute Gasteiger partial charge is 0.270 e. The molecule has 120 valence electrons. The Hall–Kier alpha value is -2.96. The van der Waals surface area contributed by atoms with E-state index in [2.05, 4.69) is 4.99 Å². The van der Waals surface area contributed by atoms with Gasteiger partial charge in [-0.1, -0.05) is 17.9 Å². The first-order valence-corrected chi connectivity index (χ1v) is 6.74. The highest BCUT2D eigenvalue weighted by Crippen LogP contribution is 2.24. The van der Waals surface area contributed by atoms with Gasteiger partial charge in [0.1, 0.15) is 0 Å². The third-order valence-corrected chi connectivity index (χ3v) is 3.30. The summed E-state index contributed by atoms with van der Waals surface area (Å²) in [4.78, 5) is 14.3. The lowest BCUT2D eigenvalue weighted by atomic mass is 10.1. The molecule has 0 saturated carbocycles. The Morgan fingerprint density at radius 2 is 2.04 bits per heavy atom. The molecule has 23 heavy (non-hydrogen) atoms. The van der Waals surface area contributed by atoms with Crippen molar-refractivity contribution < 1.29 is 19.2 Å². The molecule has 1 atom stereocenters. The number of halogens is 1. The standard InChI is InChI=1S/C16H15FN2O4/c1-10(11-3-6-16(23-2)14(17)8-11)18-9-12-7-13(19(21)22)4-5-15(12)20/h3-10,20H,1-2H3/p-1/t10-/m0/s1. The van der Waals surface area contributed by atoms with Crippen molar-refractivity contribution in [3.8, 4) is 11.5 Å². The van der Waals surface area contributed by atoms with Crippen LogP contribution in [-0.4, -0.2) is 18.2 Å². The number of rotatable bonds is 5. The van der Waals surface area contributed by atoms with Crippen LogP contribution in [0, 0.1) is 15.9 Å². The van der Waals surface area contributed by atoms with Crippen molar-refractivity contribution in [1.29, 1.82) is 0 Å². The van der Waals surface area contributed by atoms with E-state index in [1.165, 1.54) is 25.5 Å². The number of methoxy groups -OCH3 is 1. The van der Waals surface area contributed by atoms with Crippen molar-refractivity contribution in [3.05, 3.63) is 63.5 Å². The van der Waals surface area contributed by atoms with E-state index >= 15 is 0 Å². The first-order valence-electron chi connectivity index (χ1n) is 6.74. The molecule has 0 unspecified atom stereocenters. The van der Waals surface area contributed by atoms with Crippen molar-refractivity contribution in [2.45, 2.75) is 13.0 Å². The van der Waals surface area contributed by atoms with Gasteiger partial charge in [-0.05, 0) is 30.2 Å². The highest BCUT2D eigenvalue weighted by atomic mass is 19.1. The van der Waals surface area contributed by atoms with Crippen LogP contribution in [-0.2, 0) is 0 Å². The minimum Gasteiger partial charge on any atom is -0.872 e. The molecular formula is C16H14FN2O4-. The lowest BCUT2D eigenvalue weighted by Crippen LogP contribution is -1.99. The molecule has 0 N–H and O–H groups in total. The number of hydrogen-bond donors (Lipinski definition) is 0. The zero-order valence-corrected chi connectivity index (χ0v) is 12.5. The van der Waals surface area contributed by atoms with Crippen molar-refractivity contribution in [2.75, 3.05) is 7.11 Å². The van der Waals surface area contributed by atoms with E-state index in [9.17, 15) is 19.6 Å². The number of nitrogens with zero attached hydrogens (tertiary/aromatic N) is 2. The van der Waals surface area contributed by atoms with Crippen LogP contribution < -0.4 is 9.84 Å². The molecule has 0 aliphatic heterocycles. The van der Waals surface area contributed by atoms with Crippen molar-refractivity contribution in [2.24, 2.45) is 4.99 Å². The molecule has 0 amide bonds. The van der Waals surface area contributed by atoms with Crippen molar-refractivity contribution in [3.63, 3.8) is 0 Å². The van der Waals surface area contributed by atoms with Gasteiger partial charge in [-0.3, -0.25) is 15.1 Å². The Bertz CT molecular complexity index is 762. The lowest BCUT2D eigenvalue weighted by molar-refractivity contribution is -0.385. The summed E-state index contributed by atoms with van der Waals surface area (Å²) in [7, 11) is 1.37. The summed E-state index contributed by atoms with van der Waals surface area (Å²) in [5, 5.41) is 22.4. The molecule has 0 fully saturated rings. The monoisotopic (exact) mass is 317 g/mol.